The largest absolute Gasteiger partial charge is 0.264 e. The standard InChI is InChI=1S/C19H14ClF2N3/c1-11-19(13-3-4-14(9-23)17(20)7-13)12(2)25(24-11)10-15-5-6-16(21)8-18(15)22/h3-8H,10H2,1-2H3. The van der Waals surface area contributed by atoms with Crippen LogP contribution in [0.25, 0.3) is 11.1 Å². The van der Waals surface area contributed by atoms with Crippen molar-refractivity contribution in [2.45, 2.75) is 20.4 Å². The predicted molar refractivity (Wildman–Crippen MR) is 92.3 cm³/mol. The van der Waals surface area contributed by atoms with Crippen molar-refractivity contribution in [3.8, 4) is 17.2 Å². The SMILES string of the molecule is Cc1nn(Cc2ccc(F)cc2F)c(C)c1-c1ccc(C#N)c(Cl)c1. The van der Waals surface area contributed by atoms with Crippen molar-refractivity contribution in [2.24, 2.45) is 0 Å². The number of nitrogens with zero attached hydrogens (tertiary/aromatic N) is 3. The van der Waals surface area contributed by atoms with Crippen molar-refractivity contribution in [3.63, 3.8) is 0 Å². The van der Waals surface area contributed by atoms with Gasteiger partial charge in [0.25, 0.3) is 0 Å². The van der Waals surface area contributed by atoms with Crippen LogP contribution < -0.4 is 0 Å². The summed E-state index contributed by atoms with van der Waals surface area (Å²) in [6, 6.07) is 10.7. The molecule has 0 fully saturated rings. The molecule has 0 N–H and O–H groups in total. The first-order chi connectivity index (χ1) is 11.9. The van der Waals surface area contributed by atoms with E-state index in [1.54, 1.807) is 16.8 Å². The normalized spacial score (nSPS) is 10.7. The highest BCUT2D eigenvalue weighted by atomic mass is 35.5. The number of nitriles is 1. The Kier molecular flexibility index (Phi) is 4.56. The van der Waals surface area contributed by atoms with E-state index in [1.807, 2.05) is 26.0 Å². The Morgan fingerprint density at radius 1 is 1.16 bits per heavy atom. The quantitative estimate of drug-likeness (QED) is 0.660. The lowest BCUT2D eigenvalue weighted by atomic mass is 10.0. The van der Waals surface area contributed by atoms with Gasteiger partial charge in [0.2, 0.25) is 0 Å². The van der Waals surface area contributed by atoms with Crippen LogP contribution in [0.2, 0.25) is 5.02 Å². The zero-order chi connectivity index (χ0) is 18.1. The van der Waals surface area contributed by atoms with Gasteiger partial charge in [0.05, 0.1) is 22.8 Å². The van der Waals surface area contributed by atoms with Crippen LogP contribution in [0.3, 0.4) is 0 Å². The van der Waals surface area contributed by atoms with E-state index in [4.69, 9.17) is 16.9 Å². The number of hydrogen-bond donors (Lipinski definition) is 0. The molecular weight excluding hydrogens is 344 g/mol. The van der Waals surface area contributed by atoms with Gasteiger partial charge in [-0.05, 0) is 37.6 Å². The molecule has 0 aliphatic rings. The van der Waals surface area contributed by atoms with Crippen LogP contribution in [0, 0.1) is 36.8 Å². The summed E-state index contributed by atoms with van der Waals surface area (Å²) >= 11 is 6.12. The molecule has 0 saturated carbocycles. The van der Waals surface area contributed by atoms with Crippen molar-refractivity contribution >= 4 is 11.6 Å². The number of benzene rings is 2. The van der Waals surface area contributed by atoms with Gasteiger partial charge in [0.1, 0.15) is 17.7 Å². The predicted octanol–water partition coefficient (Wildman–Crippen LogP) is 5.02. The molecule has 0 radical (unpaired) electrons. The molecule has 0 aliphatic carbocycles. The monoisotopic (exact) mass is 357 g/mol. The average Bonchev–Trinajstić information content (AvgIpc) is 2.84. The summed E-state index contributed by atoms with van der Waals surface area (Å²) in [5, 5.41) is 13.8. The molecule has 0 amide bonds. The van der Waals surface area contributed by atoms with Gasteiger partial charge in [0.15, 0.2) is 0 Å². The molecule has 0 saturated heterocycles. The van der Waals surface area contributed by atoms with Crippen LogP contribution in [-0.2, 0) is 6.54 Å². The Bertz CT molecular complexity index is 1000. The van der Waals surface area contributed by atoms with Crippen molar-refractivity contribution in [1.82, 2.24) is 9.78 Å². The third kappa shape index (κ3) is 3.26. The Balaban J connectivity index is 2.01. The van der Waals surface area contributed by atoms with E-state index in [9.17, 15) is 8.78 Å². The molecule has 0 atom stereocenters. The highest BCUT2D eigenvalue weighted by Gasteiger charge is 2.16. The van der Waals surface area contributed by atoms with E-state index in [2.05, 4.69) is 5.10 Å². The lowest BCUT2D eigenvalue weighted by Crippen LogP contribution is -2.06. The molecule has 1 aromatic heterocycles. The number of hydrogen-bond acceptors (Lipinski definition) is 2. The fourth-order valence-electron chi connectivity index (χ4n) is 2.84. The second-order valence-electron chi connectivity index (χ2n) is 5.75. The topological polar surface area (TPSA) is 41.6 Å². The van der Waals surface area contributed by atoms with Gasteiger partial charge < -0.3 is 0 Å². The van der Waals surface area contributed by atoms with Crippen LogP contribution in [-0.4, -0.2) is 9.78 Å². The van der Waals surface area contributed by atoms with Crippen LogP contribution in [0.4, 0.5) is 8.78 Å². The Morgan fingerprint density at radius 2 is 1.92 bits per heavy atom. The minimum Gasteiger partial charge on any atom is -0.264 e. The van der Waals surface area contributed by atoms with Crippen molar-refractivity contribution in [2.75, 3.05) is 0 Å². The zero-order valence-electron chi connectivity index (χ0n) is 13.6. The summed E-state index contributed by atoms with van der Waals surface area (Å²) in [4.78, 5) is 0. The molecular formula is C19H14ClF2N3. The Labute approximate surface area is 149 Å². The van der Waals surface area contributed by atoms with Crippen molar-refractivity contribution in [3.05, 3.63) is 75.6 Å². The van der Waals surface area contributed by atoms with Gasteiger partial charge in [-0.2, -0.15) is 10.4 Å². The lowest BCUT2D eigenvalue weighted by Gasteiger charge is -2.08. The van der Waals surface area contributed by atoms with E-state index in [0.29, 0.717) is 16.1 Å². The van der Waals surface area contributed by atoms with Crippen LogP contribution >= 0.6 is 11.6 Å². The molecule has 3 rings (SSSR count). The zero-order valence-corrected chi connectivity index (χ0v) is 14.4. The smallest absolute Gasteiger partial charge is 0.131 e. The maximum absolute atomic E-state index is 13.9. The number of aromatic nitrogens is 2. The molecule has 1 heterocycles. The molecule has 2 aromatic carbocycles. The van der Waals surface area contributed by atoms with Gasteiger partial charge in [-0.3, -0.25) is 4.68 Å². The summed E-state index contributed by atoms with van der Waals surface area (Å²) in [5.74, 6) is -1.21. The molecule has 3 aromatic rings. The number of halogens is 3. The maximum atomic E-state index is 13.9. The molecule has 0 unspecified atom stereocenters. The highest BCUT2D eigenvalue weighted by molar-refractivity contribution is 6.32. The van der Waals surface area contributed by atoms with Crippen molar-refractivity contribution < 1.29 is 8.78 Å². The third-order valence-electron chi connectivity index (χ3n) is 4.09. The van der Waals surface area contributed by atoms with Gasteiger partial charge in [-0.1, -0.05) is 23.7 Å². The second-order valence-corrected chi connectivity index (χ2v) is 6.15. The fourth-order valence-corrected chi connectivity index (χ4v) is 3.06. The minimum atomic E-state index is -0.609. The highest BCUT2D eigenvalue weighted by Crippen LogP contribution is 2.30. The van der Waals surface area contributed by atoms with E-state index in [1.165, 1.54) is 12.1 Å². The van der Waals surface area contributed by atoms with E-state index < -0.39 is 11.6 Å². The van der Waals surface area contributed by atoms with Gasteiger partial charge in [-0.15, -0.1) is 0 Å². The summed E-state index contributed by atoms with van der Waals surface area (Å²) in [7, 11) is 0. The number of rotatable bonds is 3. The molecule has 126 valence electrons. The first kappa shape index (κ1) is 17.1. The van der Waals surface area contributed by atoms with E-state index in [-0.39, 0.29) is 6.54 Å². The summed E-state index contributed by atoms with van der Waals surface area (Å²) in [6.07, 6.45) is 0. The van der Waals surface area contributed by atoms with Crippen LogP contribution in [0.1, 0.15) is 22.5 Å². The first-order valence-electron chi connectivity index (χ1n) is 7.58. The first-order valence-corrected chi connectivity index (χ1v) is 7.96. The lowest BCUT2D eigenvalue weighted by molar-refractivity contribution is 0.555. The molecule has 6 heteroatoms. The van der Waals surface area contributed by atoms with E-state index >= 15 is 0 Å². The maximum Gasteiger partial charge on any atom is 0.131 e. The summed E-state index contributed by atoms with van der Waals surface area (Å²) < 4.78 is 28.6. The second kappa shape index (κ2) is 6.66. The number of aryl methyl sites for hydroxylation is 1. The van der Waals surface area contributed by atoms with E-state index in [0.717, 1.165) is 28.6 Å². The molecule has 0 bridgehead atoms. The van der Waals surface area contributed by atoms with Gasteiger partial charge in [-0.25, -0.2) is 8.78 Å². The van der Waals surface area contributed by atoms with Gasteiger partial charge in [0, 0.05) is 22.9 Å². The Hall–Kier alpha value is -2.71. The van der Waals surface area contributed by atoms with Crippen LogP contribution in [0.5, 0.6) is 0 Å². The Morgan fingerprint density at radius 3 is 2.56 bits per heavy atom. The summed E-state index contributed by atoms with van der Waals surface area (Å²) in [5.41, 5.74) is 4.08. The third-order valence-corrected chi connectivity index (χ3v) is 4.41. The molecule has 3 nitrogen and oxygen atoms in total. The van der Waals surface area contributed by atoms with Gasteiger partial charge >= 0.3 is 0 Å². The molecule has 0 spiro atoms. The fraction of sp³-hybridized carbons (Fsp3) is 0.158. The van der Waals surface area contributed by atoms with Crippen molar-refractivity contribution in [1.29, 1.82) is 5.26 Å². The molecule has 25 heavy (non-hydrogen) atoms. The average molecular weight is 358 g/mol. The minimum absolute atomic E-state index is 0.197. The summed E-state index contributed by atoms with van der Waals surface area (Å²) in [6.45, 7) is 3.93. The molecule has 0 aliphatic heterocycles. The van der Waals surface area contributed by atoms with Crippen LogP contribution in [0.15, 0.2) is 36.4 Å².